The van der Waals surface area contributed by atoms with Crippen molar-refractivity contribution < 1.29 is 18.6 Å². The lowest BCUT2D eigenvalue weighted by Crippen LogP contribution is -2.51. The number of aromatic nitrogens is 1. The lowest BCUT2D eigenvalue weighted by atomic mass is 10.1. The molecule has 0 spiro atoms. The molecule has 0 bridgehead atoms. The molecular weight excluding hydrogens is 248 g/mol. The molecule has 0 aliphatic rings. The first-order chi connectivity index (χ1) is 7.83. The molecule has 0 saturated heterocycles. The van der Waals surface area contributed by atoms with Gasteiger partial charge >= 0.3 is 0 Å². The fraction of sp³-hybridized carbons (Fsp3) is 0.444. The second-order valence-corrected chi connectivity index (χ2v) is 5.55. The van der Waals surface area contributed by atoms with E-state index in [1.165, 1.54) is 6.92 Å². The molecule has 4 N–H and O–H groups in total. The van der Waals surface area contributed by atoms with Gasteiger partial charge in [0.05, 0.1) is 23.6 Å². The highest BCUT2D eigenvalue weighted by Crippen LogP contribution is 2.10. The van der Waals surface area contributed by atoms with Crippen LogP contribution in [0.5, 0.6) is 0 Å². The normalized spacial score (nSPS) is 12.6. The van der Waals surface area contributed by atoms with Gasteiger partial charge in [0, 0.05) is 12.3 Å². The van der Waals surface area contributed by atoms with Crippen molar-refractivity contribution in [2.45, 2.75) is 17.4 Å². The second kappa shape index (κ2) is 4.96. The van der Waals surface area contributed by atoms with Gasteiger partial charge in [0.2, 0.25) is 15.6 Å². The molecule has 17 heavy (non-hydrogen) atoms. The quantitative estimate of drug-likeness (QED) is 0.509. The number of aliphatic hydroxyl groups excluding tert-OH is 2. The molecule has 0 fully saturated rings. The Bertz CT molecular complexity index is 512. The van der Waals surface area contributed by atoms with E-state index in [-0.39, 0.29) is 4.90 Å². The van der Waals surface area contributed by atoms with E-state index in [0.717, 1.165) is 18.3 Å². The zero-order chi connectivity index (χ0) is 13.1. The van der Waals surface area contributed by atoms with Crippen molar-refractivity contribution in [3.05, 3.63) is 28.7 Å². The van der Waals surface area contributed by atoms with Crippen molar-refractivity contribution in [3.8, 4) is 0 Å². The Labute approximate surface area is 98.2 Å². The highest BCUT2D eigenvalue weighted by molar-refractivity contribution is 7.89. The Hall–Kier alpha value is -1.22. The highest BCUT2D eigenvalue weighted by Gasteiger charge is 2.29. The summed E-state index contributed by atoms with van der Waals surface area (Å²) in [6.07, 6.45) is 1.04. The molecule has 1 aromatic heterocycles. The van der Waals surface area contributed by atoms with Crippen LogP contribution in [0.25, 0.3) is 0 Å². The van der Waals surface area contributed by atoms with Crippen LogP contribution in [0, 0.1) is 0 Å². The first-order valence-corrected chi connectivity index (χ1v) is 6.26. The van der Waals surface area contributed by atoms with Gasteiger partial charge in [-0.05, 0) is 13.0 Å². The summed E-state index contributed by atoms with van der Waals surface area (Å²) in [5.74, 6) is 0. The van der Waals surface area contributed by atoms with Crippen molar-refractivity contribution in [2.24, 2.45) is 0 Å². The van der Waals surface area contributed by atoms with Gasteiger partial charge in [-0.25, -0.2) is 13.1 Å². The van der Waals surface area contributed by atoms with E-state index in [4.69, 9.17) is 10.2 Å². The molecule has 0 amide bonds. The topological polar surface area (TPSA) is 119 Å². The van der Waals surface area contributed by atoms with Gasteiger partial charge in [-0.3, -0.25) is 4.79 Å². The van der Waals surface area contributed by atoms with E-state index in [2.05, 4.69) is 9.71 Å². The number of aliphatic hydroxyl groups is 2. The van der Waals surface area contributed by atoms with Crippen LogP contribution < -0.4 is 10.3 Å². The lowest BCUT2D eigenvalue weighted by Gasteiger charge is -2.25. The van der Waals surface area contributed by atoms with Gasteiger partial charge in [0.15, 0.2) is 0 Å². The van der Waals surface area contributed by atoms with Crippen LogP contribution in [0.4, 0.5) is 0 Å². The van der Waals surface area contributed by atoms with Gasteiger partial charge in [-0.2, -0.15) is 0 Å². The van der Waals surface area contributed by atoms with Crippen LogP contribution in [0.2, 0.25) is 0 Å². The summed E-state index contributed by atoms with van der Waals surface area (Å²) in [4.78, 5) is 12.9. The Balaban J connectivity index is 3.04. The fourth-order valence-electron chi connectivity index (χ4n) is 1.06. The third-order valence-corrected chi connectivity index (χ3v) is 3.78. The van der Waals surface area contributed by atoms with Crippen molar-refractivity contribution in [1.29, 1.82) is 0 Å². The molecule has 0 saturated carbocycles. The minimum atomic E-state index is -3.90. The van der Waals surface area contributed by atoms with Crippen LogP contribution in [-0.2, 0) is 10.0 Å². The monoisotopic (exact) mass is 262 g/mol. The third kappa shape index (κ3) is 3.37. The van der Waals surface area contributed by atoms with E-state index in [1.807, 2.05) is 0 Å². The van der Waals surface area contributed by atoms with Gasteiger partial charge < -0.3 is 15.2 Å². The van der Waals surface area contributed by atoms with Crippen molar-refractivity contribution >= 4 is 10.0 Å². The Morgan fingerprint density at radius 1 is 1.35 bits per heavy atom. The van der Waals surface area contributed by atoms with Crippen LogP contribution in [0.3, 0.4) is 0 Å². The van der Waals surface area contributed by atoms with Crippen molar-refractivity contribution in [1.82, 2.24) is 9.71 Å². The molecule has 1 rings (SSSR count). The van der Waals surface area contributed by atoms with Crippen molar-refractivity contribution in [2.75, 3.05) is 13.2 Å². The van der Waals surface area contributed by atoms with Crippen LogP contribution >= 0.6 is 0 Å². The van der Waals surface area contributed by atoms with E-state index in [1.54, 1.807) is 0 Å². The number of H-pyrrole nitrogens is 1. The SMILES string of the molecule is CC(CO)(CO)NS(=O)(=O)c1ccc(=O)[nH]c1. The zero-order valence-corrected chi connectivity index (χ0v) is 9.99. The Morgan fingerprint density at radius 3 is 2.35 bits per heavy atom. The number of rotatable bonds is 5. The van der Waals surface area contributed by atoms with Crippen LogP contribution in [0.15, 0.2) is 28.0 Å². The molecule has 1 heterocycles. The summed E-state index contributed by atoms with van der Waals surface area (Å²) >= 11 is 0. The molecule has 0 atom stereocenters. The lowest BCUT2D eigenvalue weighted by molar-refractivity contribution is 0.121. The average Bonchev–Trinajstić information content (AvgIpc) is 2.29. The second-order valence-electron chi connectivity index (χ2n) is 3.87. The minimum absolute atomic E-state index is 0.148. The van der Waals surface area contributed by atoms with Crippen LogP contribution in [-0.4, -0.2) is 42.4 Å². The summed E-state index contributed by atoms with van der Waals surface area (Å²) in [7, 11) is -3.90. The van der Waals surface area contributed by atoms with Gasteiger partial charge in [-0.1, -0.05) is 0 Å². The minimum Gasteiger partial charge on any atom is -0.394 e. The van der Waals surface area contributed by atoms with Gasteiger partial charge in [0.25, 0.3) is 0 Å². The molecule has 8 heteroatoms. The predicted molar refractivity (Wildman–Crippen MR) is 60.0 cm³/mol. The molecule has 0 unspecified atom stereocenters. The summed E-state index contributed by atoms with van der Waals surface area (Å²) in [6, 6.07) is 2.21. The fourth-order valence-corrected chi connectivity index (χ4v) is 2.42. The maximum Gasteiger partial charge on any atom is 0.247 e. The molecule has 0 aliphatic carbocycles. The number of sulfonamides is 1. The largest absolute Gasteiger partial charge is 0.394 e. The zero-order valence-electron chi connectivity index (χ0n) is 9.17. The number of hydrogen-bond acceptors (Lipinski definition) is 5. The molecule has 7 nitrogen and oxygen atoms in total. The van der Waals surface area contributed by atoms with E-state index < -0.39 is 34.3 Å². The molecule has 0 radical (unpaired) electrons. The number of nitrogens with one attached hydrogen (secondary N) is 2. The highest BCUT2D eigenvalue weighted by atomic mass is 32.2. The molecule has 0 aromatic carbocycles. The smallest absolute Gasteiger partial charge is 0.247 e. The van der Waals surface area contributed by atoms with E-state index in [9.17, 15) is 13.2 Å². The predicted octanol–water partition coefficient (Wildman–Crippen LogP) is -1.60. The average molecular weight is 262 g/mol. The maximum atomic E-state index is 11.8. The van der Waals surface area contributed by atoms with E-state index >= 15 is 0 Å². The van der Waals surface area contributed by atoms with Crippen molar-refractivity contribution in [3.63, 3.8) is 0 Å². The Morgan fingerprint density at radius 2 is 1.94 bits per heavy atom. The van der Waals surface area contributed by atoms with Crippen LogP contribution in [0.1, 0.15) is 6.92 Å². The molecule has 0 aliphatic heterocycles. The summed E-state index contributed by atoms with van der Waals surface area (Å²) in [5.41, 5.74) is -1.77. The summed E-state index contributed by atoms with van der Waals surface area (Å²) in [6.45, 7) is 0.258. The molecular formula is C9H14N2O5S. The first-order valence-electron chi connectivity index (χ1n) is 4.77. The Kier molecular flexibility index (Phi) is 4.04. The van der Waals surface area contributed by atoms with Gasteiger partial charge in [-0.15, -0.1) is 0 Å². The third-order valence-electron chi connectivity index (χ3n) is 2.14. The summed E-state index contributed by atoms with van der Waals surface area (Å²) in [5, 5.41) is 18.0. The van der Waals surface area contributed by atoms with Gasteiger partial charge in [0.1, 0.15) is 0 Å². The molecule has 1 aromatic rings. The number of aromatic amines is 1. The molecule has 96 valence electrons. The standard InChI is InChI=1S/C9H14N2O5S/c1-9(5-12,6-13)11-17(15,16)7-2-3-8(14)10-4-7/h2-4,11-13H,5-6H2,1H3,(H,10,14). The number of pyridine rings is 1. The van der Waals surface area contributed by atoms with E-state index in [0.29, 0.717) is 0 Å². The summed E-state index contributed by atoms with van der Waals surface area (Å²) < 4.78 is 25.8. The maximum absolute atomic E-state index is 11.8. The number of hydrogen-bond donors (Lipinski definition) is 4. The first kappa shape index (κ1) is 13.8.